The summed E-state index contributed by atoms with van der Waals surface area (Å²) in [7, 11) is 1.54. The fourth-order valence-corrected chi connectivity index (χ4v) is 3.06. The third kappa shape index (κ3) is 2.82. The third-order valence-electron chi connectivity index (χ3n) is 4.24. The highest BCUT2D eigenvalue weighted by molar-refractivity contribution is 5.95. The number of nitrogens with one attached hydrogen (secondary N) is 1. The van der Waals surface area contributed by atoms with Crippen molar-refractivity contribution in [3.63, 3.8) is 0 Å². The van der Waals surface area contributed by atoms with E-state index in [-0.39, 0.29) is 23.7 Å². The number of carboxylic acid groups (broad SMARTS) is 1. The summed E-state index contributed by atoms with van der Waals surface area (Å²) >= 11 is 0. The first-order valence-electron chi connectivity index (χ1n) is 7.74. The lowest BCUT2D eigenvalue weighted by molar-refractivity contribution is 0.0682. The van der Waals surface area contributed by atoms with Gasteiger partial charge in [0.1, 0.15) is 0 Å². The highest BCUT2D eigenvalue weighted by Gasteiger charge is 2.20. The number of fused-ring (bicyclic) bond motifs is 1. The van der Waals surface area contributed by atoms with Crippen LogP contribution in [-0.4, -0.2) is 31.3 Å². The number of hydrogen-bond acceptors (Lipinski definition) is 4. The Morgan fingerprint density at radius 1 is 1.33 bits per heavy atom. The summed E-state index contributed by atoms with van der Waals surface area (Å²) in [4.78, 5) is 35.6. The molecule has 1 aliphatic heterocycles. The minimum absolute atomic E-state index is 0.0432. The molecule has 8 heteroatoms. The number of pyridine rings is 1. The smallest absolute Gasteiger partial charge is 0.354 e. The molecular weight excluding hydrogens is 312 g/mol. The van der Waals surface area contributed by atoms with Crippen LogP contribution >= 0.6 is 0 Å². The number of rotatable bonds is 4. The maximum absolute atomic E-state index is 12.5. The Kier molecular flexibility index (Phi) is 4.20. The summed E-state index contributed by atoms with van der Waals surface area (Å²) in [6, 6.07) is 2.94. The Bertz CT molecular complexity index is 865. The molecule has 2 aromatic heterocycles. The van der Waals surface area contributed by atoms with Crippen LogP contribution < -0.4 is 10.9 Å². The molecule has 0 saturated carbocycles. The molecule has 3 rings (SSSR count). The molecule has 1 amide bonds. The number of amides is 1. The first kappa shape index (κ1) is 16.0. The van der Waals surface area contributed by atoms with Crippen molar-refractivity contribution in [2.45, 2.75) is 32.4 Å². The van der Waals surface area contributed by atoms with E-state index in [0.29, 0.717) is 24.1 Å². The van der Waals surface area contributed by atoms with E-state index in [1.807, 2.05) is 0 Å². The van der Waals surface area contributed by atoms with Crippen molar-refractivity contribution >= 4 is 11.9 Å². The topological polar surface area (TPSA) is 106 Å². The zero-order chi connectivity index (χ0) is 17.3. The van der Waals surface area contributed by atoms with E-state index in [0.717, 1.165) is 18.5 Å². The summed E-state index contributed by atoms with van der Waals surface area (Å²) in [6.07, 6.45) is 3.98. The summed E-state index contributed by atoms with van der Waals surface area (Å²) in [5, 5.41) is 15.8. The Morgan fingerprint density at radius 2 is 2.12 bits per heavy atom. The molecule has 0 spiro atoms. The zero-order valence-corrected chi connectivity index (χ0v) is 13.3. The molecule has 0 saturated heterocycles. The van der Waals surface area contributed by atoms with E-state index in [1.165, 1.54) is 30.1 Å². The Hall–Kier alpha value is -2.90. The Morgan fingerprint density at radius 3 is 2.88 bits per heavy atom. The average molecular weight is 330 g/mol. The van der Waals surface area contributed by atoms with E-state index in [2.05, 4.69) is 10.4 Å². The summed E-state index contributed by atoms with van der Waals surface area (Å²) in [5.41, 5.74) is 1.59. The lowest BCUT2D eigenvalue weighted by Crippen LogP contribution is -2.32. The second-order valence-electron chi connectivity index (χ2n) is 5.77. The lowest BCUT2D eigenvalue weighted by Gasteiger charge is -2.20. The summed E-state index contributed by atoms with van der Waals surface area (Å²) < 4.78 is 2.90. The maximum atomic E-state index is 12.5. The van der Waals surface area contributed by atoms with Crippen molar-refractivity contribution in [2.75, 3.05) is 0 Å². The van der Waals surface area contributed by atoms with Crippen LogP contribution in [0.3, 0.4) is 0 Å². The largest absolute Gasteiger partial charge is 0.477 e. The fraction of sp³-hybridized carbons (Fsp3) is 0.375. The van der Waals surface area contributed by atoms with Crippen LogP contribution in [0.25, 0.3) is 0 Å². The molecule has 1 aliphatic rings. The molecule has 24 heavy (non-hydrogen) atoms. The van der Waals surface area contributed by atoms with Gasteiger partial charge in [0.2, 0.25) is 0 Å². The van der Waals surface area contributed by atoms with Crippen LogP contribution in [0.2, 0.25) is 0 Å². The number of carbonyl (C=O) groups excluding carboxylic acids is 1. The zero-order valence-electron chi connectivity index (χ0n) is 13.3. The van der Waals surface area contributed by atoms with Crippen molar-refractivity contribution in [3.05, 3.63) is 51.2 Å². The maximum Gasteiger partial charge on any atom is 0.354 e. The number of hydrogen-bond donors (Lipinski definition) is 2. The van der Waals surface area contributed by atoms with E-state index in [9.17, 15) is 19.5 Å². The summed E-state index contributed by atoms with van der Waals surface area (Å²) in [6.45, 7) is 0.688. The second-order valence-corrected chi connectivity index (χ2v) is 5.77. The molecule has 2 aromatic rings. The van der Waals surface area contributed by atoms with Gasteiger partial charge in [-0.3, -0.25) is 14.3 Å². The predicted molar refractivity (Wildman–Crippen MR) is 85.0 cm³/mol. The standard InChI is InChI=1S/C16H18N4O4/c1-19-14(16(23)24)10(9-18-19)8-17-15(22)11-5-6-13(21)20-7-3-2-4-12(11)20/h5-6,9H,2-4,7-8H2,1H3,(H,17,22)(H,23,24). The lowest BCUT2D eigenvalue weighted by atomic mass is 10.0. The SMILES string of the molecule is Cn1ncc(CNC(=O)c2ccc(=O)n3c2CCCC3)c1C(=O)O. The van der Waals surface area contributed by atoms with Gasteiger partial charge in [-0.1, -0.05) is 0 Å². The minimum Gasteiger partial charge on any atom is -0.477 e. The first-order chi connectivity index (χ1) is 11.5. The Labute approximate surface area is 137 Å². The minimum atomic E-state index is -1.09. The van der Waals surface area contributed by atoms with Gasteiger partial charge in [-0.05, 0) is 25.3 Å². The van der Waals surface area contributed by atoms with Gasteiger partial charge >= 0.3 is 5.97 Å². The van der Waals surface area contributed by atoms with Crippen molar-refractivity contribution in [1.82, 2.24) is 19.7 Å². The highest BCUT2D eigenvalue weighted by atomic mass is 16.4. The van der Waals surface area contributed by atoms with Gasteiger partial charge in [0, 0.05) is 37.5 Å². The molecule has 0 aromatic carbocycles. The number of nitrogens with zero attached hydrogens (tertiary/aromatic N) is 3. The van der Waals surface area contributed by atoms with Gasteiger partial charge < -0.3 is 15.0 Å². The van der Waals surface area contributed by atoms with Crippen LogP contribution in [0.15, 0.2) is 23.1 Å². The normalized spacial score (nSPS) is 13.4. The van der Waals surface area contributed by atoms with E-state index in [1.54, 1.807) is 4.57 Å². The first-order valence-corrected chi connectivity index (χ1v) is 7.74. The van der Waals surface area contributed by atoms with E-state index < -0.39 is 5.97 Å². The molecule has 8 nitrogen and oxygen atoms in total. The van der Waals surface area contributed by atoms with Crippen LogP contribution in [0, 0.1) is 0 Å². The van der Waals surface area contributed by atoms with Gasteiger partial charge in [-0.15, -0.1) is 0 Å². The van der Waals surface area contributed by atoms with Gasteiger partial charge in [-0.25, -0.2) is 4.79 Å². The molecule has 0 fully saturated rings. The molecular formula is C16H18N4O4. The molecule has 2 N–H and O–H groups in total. The van der Waals surface area contributed by atoms with Crippen molar-refractivity contribution in [3.8, 4) is 0 Å². The molecule has 0 bridgehead atoms. The molecule has 0 aliphatic carbocycles. The van der Waals surface area contributed by atoms with Crippen molar-refractivity contribution in [2.24, 2.45) is 7.05 Å². The Balaban J connectivity index is 1.82. The van der Waals surface area contributed by atoms with Crippen molar-refractivity contribution < 1.29 is 14.7 Å². The number of aromatic nitrogens is 3. The molecule has 3 heterocycles. The van der Waals surface area contributed by atoms with Gasteiger partial charge in [0.05, 0.1) is 11.8 Å². The second kappa shape index (κ2) is 6.31. The van der Waals surface area contributed by atoms with E-state index >= 15 is 0 Å². The molecule has 126 valence electrons. The third-order valence-corrected chi connectivity index (χ3v) is 4.24. The summed E-state index contributed by atoms with van der Waals surface area (Å²) in [5.74, 6) is -1.41. The highest BCUT2D eigenvalue weighted by Crippen LogP contribution is 2.17. The van der Waals surface area contributed by atoms with Gasteiger partial charge in [0.15, 0.2) is 5.69 Å². The predicted octanol–water partition coefficient (Wildman–Crippen LogP) is 0.546. The van der Waals surface area contributed by atoms with Crippen LogP contribution in [0.4, 0.5) is 0 Å². The van der Waals surface area contributed by atoms with Crippen LogP contribution in [0.5, 0.6) is 0 Å². The van der Waals surface area contributed by atoms with Crippen LogP contribution in [-0.2, 0) is 26.6 Å². The number of carboxylic acids is 1. The number of aryl methyl sites for hydroxylation is 1. The van der Waals surface area contributed by atoms with E-state index in [4.69, 9.17) is 0 Å². The molecule has 0 atom stereocenters. The van der Waals surface area contributed by atoms with Crippen LogP contribution in [0.1, 0.15) is 44.9 Å². The molecule has 0 radical (unpaired) electrons. The average Bonchev–Trinajstić information content (AvgIpc) is 2.94. The fourth-order valence-electron chi connectivity index (χ4n) is 3.06. The quantitative estimate of drug-likeness (QED) is 0.851. The molecule has 0 unspecified atom stereocenters. The monoisotopic (exact) mass is 330 g/mol. The number of aromatic carboxylic acids is 1. The van der Waals surface area contributed by atoms with Gasteiger partial charge in [0.25, 0.3) is 11.5 Å². The van der Waals surface area contributed by atoms with Crippen molar-refractivity contribution in [1.29, 1.82) is 0 Å². The van der Waals surface area contributed by atoms with Gasteiger partial charge in [-0.2, -0.15) is 5.10 Å². The number of carbonyl (C=O) groups is 2.